The summed E-state index contributed by atoms with van der Waals surface area (Å²) in [5.74, 6) is -0.150. The van der Waals surface area contributed by atoms with Crippen LogP contribution in [0, 0.1) is 0 Å². The Bertz CT molecular complexity index is 699. The van der Waals surface area contributed by atoms with Gasteiger partial charge in [-0.25, -0.2) is 4.79 Å². The summed E-state index contributed by atoms with van der Waals surface area (Å²) in [5, 5.41) is 5.49. The maximum atomic E-state index is 12.7. The van der Waals surface area contributed by atoms with Crippen molar-refractivity contribution >= 4 is 17.6 Å². The summed E-state index contributed by atoms with van der Waals surface area (Å²) < 4.78 is 0. The maximum absolute atomic E-state index is 12.7. The van der Waals surface area contributed by atoms with Gasteiger partial charge in [-0.3, -0.25) is 4.79 Å². The van der Waals surface area contributed by atoms with Crippen molar-refractivity contribution < 1.29 is 9.59 Å². The molecule has 0 aromatic heterocycles. The molecule has 5 nitrogen and oxygen atoms in total. The lowest BCUT2D eigenvalue weighted by Crippen LogP contribution is -2.40. The van der Waals surface area contributed by atoms with Crippen LogP contribution in [0.5, 0.6) is 0 Å². The Morgan fingerprint density at radius 3 is 2.24 bits per heavy atom. The van der Waals surface area contributed by atoms with Crippen LogP contribution in [0.15, 0.2) is 54.6 Å². The Morgan fingerprint density at radius 1 is 1.04 bits per heavy atom. The molecule has 0 saturated carbocycles. The van der Waals surface area contributed by atoms with E-state index in [4.69, 9.17) is 0 Å². The Hall–Kier alpha value is -2.82. The van der Waals surface area contributed by atoms with E-state index in [0.717, 1.165) is 12.0 Å². The second kappa shape index (κ2) is 8.87. The van der Waals surface area contributed by atoms with E-state index in [1.807, 2.05) is 42.2 Å². The van der Waals surface area contributed by atoms with Gasteiger partial charge in [-0.15, -0.1) is 0 Å². The number of benzene rings is 2. The van der Waals surface area contributed by atoms with Gasteiger partial charge < -0.3 is 15.5 Å². The summed E-state index contributed by atoms with van der Waals surface area (Å²) in [6.45, 7) is 4.66. The Morgan fingerprint density at radius 2 is 1.68 bits per heavy atom. The van der Waals surface area contributed by atoms with Gasteiger partial charge in [-0.2, -0.15) is 0 Å². The minimum absolute atomic E-state index is 0.116. The quantitative estimate of drug-likeness (QED) is 0.839. The van der Waals surface area contributed by atoms with Crippen molar-refractivity contribution in [3.8, 4) is 0 Å². The molecule has 0 aliphatic rings. The normalized spacial score (nSPS) is 11.5. The number of carbonyl (C=O) groups is 2. The first-order valence-electron chi connectivity index (χ1n) is 8.48. The van der Waals surface area contributed by atoms with Crippen molar-refractivity contribution in [2.24, 2.45) is 0 Å². The van der Waals surface area contributed by atoms with Gasteiger partial charge in [0.05, 0.1) is 0 Å². The maximum Gasteiger partial charge on any atom is 0.322 e. The second-order valence-electron chi connectivity index (χ2n) is 5.96. The number of hydrogen-bond donors (Lipinski definition) is 2. The number of rotatable bonds is 6. The predicted molar refractivity (Wildman–Crippen MR) is 101 cm³/mol. The van der Waals surface area contributed by atoms with Crippen molar-refractivity contribution in [3.63, 3.8) is 0 Å². The molecule has 25 heavy (non-hydrogen) atoms. The highest BCUT2D eigenvalue weighted by Gasteiger charge is 2.19. The van der Waals surface area contributed by atoms with Crippen LogP contribution in [0.1, 0.15) is 36.2 Å². The molecule has 2 N–H and O–H groups in total. The zero-order valence-corrected chi connectivity index (χ0v) is 15.0. The van der Waals surface area contributed by atoms with Gasteiger partial charge in [0.1, 0.15) is 0 Å². The molecule has 0 heterocycles. The molecule has 2 aromatic carbocycles. The first-order chi connectivity index (χ1) is 12.0. The third-order valence-corrected chi connectivity index (χ3v) is 4.20. The van der Waals surface area contributed by atoms with E-state index < -0.39 is 0 Å². The zero-order chi connectivity index (χ0) is 18.2. The number of urea groups is 1. The molecule has 2 aromatic rings. The molecule has 0 bridgehead atoms. The first kappa shape index (κ1) is 18.5. The highest BCUT2D eigenvalue weighted by Crippen LogP contribution is 2.15. The lowest BCUT2D eigenvalue weighted by atomic mass is 10.1. The lowest BCUT2D eigenvalue weighted by Gasteiger charge is -2.29. The number of amides is 3. The average Bonchev–Trinajstić information content (AvgIpc) is 2.66. The topological polar surface area (TPSA) is 61.4 Å². The molecule has 2 rings (SSSR count). The predicted octanol–water partition coefficient (Wildman–Crippen LogP) is 3.88. The molecule has 0 aliphatic heterocycles. The molecule has 132 valence electrons. The summed E-state index contributed by atoms with van der Waals surface area (Å²) in [6, 6.07) is 16.8. The summed E-state index contributed by atoms with van der Waals surface area (Å²) >= 11 is 0. The Kier molecular flexibility index (Phi) is 6.57. The fourth-order valence-electron chi connectivity index (χ4n) is 2.47. The van der Waals surface area contributed by atoms with Gasteiger partial charge in [0.25, 0.3) is 5.91 Å². The Labute approximate surface area is 149 Å². The molecule has 5 heteroatoms. The van der Waals surface area contributed by atoms with E-state index in [1.165, 1.54) is 0 Å². The molecule has 0 saturated heterocycles. The largest absolute Gasteiger partial charge is 0.355 e. The molecule has 1 atom stereocenters. The molecular formula is C20H25N3O2. The summed E-state index contributed by atoms with van der Waals surface area (Å²) in [7, 11) is 1.59. The van der Waals surface area contributed by atoms with E-state index in [2.05, 4.69) is 17.6 Å². The number of nitrogens with one attached hydrogen (secondary N) is 2. The van der Waals surface area contributed by atoms with Gasteiger partial charge in [-0.05, 0) is 43.2 Å². The SMILES string of the molecule is CC[C@@H](C)N(Cc1ccccc1)C(=O)Nc1ccc(C(=O)NC)cc1. The van der Waals surface area contributed by atoms with E-state index in [-0.39, 0.29) is 18.0 Å². The van der Waals surface area contributed by atoms with E-state index >= 15 is 0 Å². The van der Waals surface area contributed by atoms with Crippen molar-refractivity contribution in [2.45, 2.75) is 32.9 Å². The fourth-order valence-corrected chi connectivity index (χ4v) is 2.47. The molecule has 0 aliphatic carbocycles. The van der Waals surface area contributed by atoms with Crippen molar-refractivity contribution in [3.05, 3.63) is 65.7 Å². The van der Waals surface area contributed by atoms with Gasteiger partial charge in [-0.1, -0.05) is 37.3 Å². The van der Waals surface area contributed by atoms with Crippen LogP contribution in [-0.2, 0) is 6.54 Å². The highest BCUT2D eigenvalue weighted by molar-refractivity contribution is 5.95. The van der Waals surface area contributed by atoms with Crippen LogP contribution in [0.3, 0.4) is 0 Å². The minimum atomic E-state index is -0.150. The lowest BCUT2D eigenvalue weighted by molar-refractivity contribution is 0.0963. The summed E-state index contributed by atoms with van der Waals surface area (Å²) in [5.41, 5.74) is 2.32. The second-order valence-corrected chi connectivity index (χ2v) is 5.96. The van der Waals surface area contributed by atoms with E-state index in [0.29, 0.717) is 17.8 Å². The van der Waals surface area contributed by atoms with Crippen LogP contribution in [0.25, 0.3) is 0 Å². The number of anilines is 1. The summed E-state index contributed by atoms with van der Waals surface area (Å²) in [6.07, 6.45) is 0.871. The van der Waals surface area contributed by atoms with Gasteiger partial charge in [0.15, 0.2) is 0 Å². The fraction of sp³-hybridized carbons (Fsp3) is 0.300. The average molecular weight is 339 g/mol. The highest BCUT2D eigenvalue weighted by atomic mass is 16.2. The molecule has 3 amide bonds. The molecule has 0 fully saturated rings. The van der Waals surface area contributed by atoms with Gasteiger partial charge >= 0.3 is 6.03 Å². The van der Waals surface area contributed by atoms with Gasteiger partial charge in [0.2, 0.25) is 0 Å². The van der Waals surface area contributed by atoms with Crippen molar-refractivity contribution in [1.29, 1.82) is 0 Å². The van der Waals surface area contributed by atoms with Crippen LogP contribution < -0.4 is 10.6 Å². The van der Waals surface area contributed by atoms with Crippen molar-refractivity contribution in [1.82, 2.24) is 10.2 Å². The number of carbonyl (C=O) groups excluding carboxylic acids is 2. The standard InChI is InChI=1S/C20H25N3O2/c1-4-15(2)23(14-16-8-6-5-7-9-16)20(25)22-18-12-10-17(11-13-18)19(24)21-3/h5-13,15H,4,14H2,1-3H3,(H,21,24)(H,22,25)/t15-/m1/s1. The minimum Gasteiger partial charge on any atom is -0.355 e. The van der Waals surface area contributed by atoms with Crippen molar-refractivity contribution in [2.75, 3.05) is 12.4 Å². The molecular weight excluding hydrogens is 314 g/mol. The third kappa shape index (κ3) is 5.08. The summed E-state index contributed by atoms with van der Waals surface area (Å²) in [4.78, 5) is 26.1. The van der Waals surface area contributed by atoms with Crippen LogP contribution in [0.4, 0.5) is 10.5 Å². The number of hydrogen-bond acceptors (Lipinski definition) is 2. The molecule has 0 unspecified atom stereocenters. The van der Waals surface area contributed by atoms with Gasteiger partial charge in [0, 0.05) is 30.9 Å². The smallest absolute Gasteiger partial charge is 0.322 e. The molecule has 0 radical (unpaired) electrons. The van der Waals surface area contributed by atoms with Crippen LogP contribution >= 0.6 is 0 Å². The third-order valence-electron chi connectivity index (χ3n) is 4.20. The monoisotopic (exact) mass is 339 g/mol. The van der Waals surface area contributed by atoms with E-state index in [9.17, 15) is 9.59 Å². The van der Waals surface area contributed by atoms with E-state index in [1.54, 1.807) is 31.3 Å². The first-order valence-corrected chi connectivity index (χ1v) is 8.48. The molecule has 0 spiro atoms. The Balaban J connectivity index is 2.09. The van der Waals surface area contributed by atoms with Crippen LogP contribution in [0.2, 0.25) is 0 Å². The zero-order valence-electron chi connectivity index (χ0n) is 15.0. The number of nitrogens with zero attached hydrogens (tertiary/aromatic N) is 1. The van der Waals surface area contributed by atoms with Crippen LogP contribution in [-0.4, -0.2) is 29.9 Å².